The van der Waals surface area contributed by atoms with E-state index in [2.05, 4.69) is 4.18 Å². The van der Waals surface area contributed by atoms with Gasteiger partial charge in [0.1, 0.15) is 5.75 Å². The van der Waals surface area contributed by atoms with Gasteiger partial charge in [-0.3, -0.25) is 4.55 Å². The zero-order valence-electron chi connectivity index (χ0n) is 5.80. The van der Waals surface area contributed by atoms with Gasteiger partial charge in [-0.1, -0.05) is 12.1 Å². The summed E-state index contributed by atoms with van der Waals surface area (Å²) in [5.41, 5.74) is 0. The molecule has 0 saturated heterocycles. The monoisotopic (exact) mass is 189 g/mol. The van der Waals surface area contributed by atoms with E-state index in [9.17, 15) is 13.5 Å². The Hall–Kier alpha value is -1.27. The maximum Gasteiger partial charge on any atom is 0.446 e. The van der Waals surface area contributed by atoms with Crippen LogP contribution in [0, 0.1) is 0 Å². The molecule has 0 atom stereocenters. The molecule has 0 aliphatic carbocycles. The number of hydrogen-bond acceptors (Lipinski definition) is 4. The van der Waals surface area contributed by atoms with Crippen molar-refractivity contribution in [2.45, 2.75) is 0 Å². The molecule has 1 aromatic carbocycles. The first-order valence-electron chi connectivity index (χ1n) is 2.91. The van der Waals surface area contributed by atoms with Crippen molar-refractivity contribution < 1.29 is 22.3 Å². The number of rotatable bonds is 2. The average molecular weight is 189 g/mol. The lowest BCUT2D eigenvalue weighted by atomic mass is 10.3. The van der Waals surface area contributed by atoms with Crippen LogP contribution in [-0.4, -0.2) is 13.0 Å². The molecule has 0 aliphatic rings. The Balaban J connectivity index is 2.85. The lowest BCUT2D eigenvalue weighted by molar-refractivity contribution is -0.268. The van der Waals surface area contributed by atoms with Gasteiger partial charge in [-0.25, -0.2) is 0 Å². The summed E-state index contributed by atoms with van der Waals surface area (Å²) in [6.07, 6.45) is 0. The minimum Gasteiger partial charge on any atom is -0.872 e. The van der Waals surface area contributed by atoms with Gasteiger partial charge in [-0.05, 0) is 12.1 Å². The summed E-state index contributed by atoms with van der Waals surface area (Å²) in [5, 5.41) is 10.5. The maximum absolute atomic E-state index is 10.5. The van der Waals surface area contributed by atoms with Gasteiger partial charge in [-0.2, -0.15) is 8.42 Å². The highest BCUT2D eigenvalue weighted by molar-refractivity contribution is 7.81. The summed E-state index contributed by atoms with van der Waals surface area (Å²) in [5.74, 6) is -0.366. The van der Waals surface area contributed by atoms with E-state index in [0.29, 0.717) is 0 Å². The van der Waals surface area contributed by atoms with Crippen LogP contribution >= 0.6 is 0 Å². The Morgan fingerprint density at radius 2 is 1.75 bits per heavy atom. The second kappa shape index (κ2) is 3.00. The van der Waals surface area contributed by atoms with E-state index in [1.807, 2.05) is 0 Å². The molecule has 0 radical (unpaired) electrons. The summed E-state index contributed by atoms with van der Waals surface area (Å²) >= 11 is 0. The van der Waals surface area contributed by atoms with Crippen LogP contribution in [0.2, 0.25) is 0 Å². The van der Waals surface area contributed by atoms with Crippen molar-refractivity contribution >= 4 is 10.4 Å². The topological polar surface area (TPSA) is 86.7 Å². The molecule has 1 N–H and O–H groups in total. The molecule has 0 saturated carbocycles. The summed E-state index contributed by atoms with van der Waals surface area (Å²) < 4.78 is 32.5. The van der Waals surface area contributed by atoms with Gasteiger partial charge in [0, 0.05) is 0 Å². The molecular weight excluding hydrogens is 184 g/mol. The van der Waals surface area contributed by atoms with Gasteiger partial charge in [0.15, 0.2) is 0 Å². The van der Waals surface area contributed by atoms with E-state index in [4.69, 9.17) is 4.55 Å². The third-order valence-corrected chi connectivity index (χ3v) is 1.43. The van der Waals surface area contributed by atoms with Gasteiger partial charge in [0.2, 0.25) is 0 Å². The first kappa shape index (κ1) is 8.82. The molecule has 1 rings (SSSR count). The summed E-state index contributed by atoms with van der Waals surface area (Å²) in [6.45, 7) is 0. The molecule has 0 aromatic heterocycles. The van der Waals surface area contributed by atoms with E-state index in [0.717, 1.165) is 24.3 Å². The molecule has 12 heavy (non-hydrogen) atoms. The fraction of sp³-hybridized carbons (Fsp3) is 0. The fourth-order valence-electron chi connectivity index (χ4n) is 0.617. The van der Waals surface area contributed by atoms with Gasteiger partial charge in [0.05, 0.1) is 0 Å². The molecule has 0 fully saturated rings. The Morgan fingerprint density at radius 1 is 1.25 bits per heavy atom. The molecule has 1 aromatic rings. The highest BCUT2D eigenvalue weighted by Gasteiger charge is 2.04. The Bertz CT molecular complexity index is 352. The zero-order chi connectivity index (χ0) is 9.19. The van der Waals surface area contributed by atoms with Crippen molar-refractivity contribution in [3.63, 3.8) is 0 Å². The molecule has 5 nitrogen and oxygen atoms in total. The van der Waals surface area contributed by atoms with Crippen LogP contribution in [0.25, 0.3) is 0 Å². The molecule has 66 valence electrons. The lowest BCUT2D eigenvalue weighted by Gasteiger charge is -2.05. The number of benzene rings is 1. The number of hydrogen-bond donors (Lipinski definition) is 1. The molecule has 0 aliphatic heterocycles. The molecule has 0 amide bonds. The fourth-order valence-corrected chi connectivity index (χ4v) is 0.971. The first-order chi connectivity index (χ1) is 5.47. The Labute approximate surface area is 69.2 Å². The van der Waals surface area contributed by atoms with Crippen molar-refractivity contribution in [1.82, 2.24) is 0 Å². The van der Waals surface area contributed by atoms with E-state index < -0.39 is 10.4 Å². The second-order valence-corrected chi connectivity index (χ2v) is 3.00. The molecule has 6 heteroatoms. The molecule has 0 spiro atoms. The SMILES string of the molecule is O=S(=O)(O)Oc1ccc([O-])cc1. The minimum atomic E-state index is -4.49. The maximum atomic E-state index is 10.5. The van der Waals surface area contributed by atoms with E-state index >= 15 is 0 Å². The minimum absolute atomic E-state index is 0.0999. The largest absolute Gasteiger partial charge is 0.872 e. The predicted octanol–water partition coefficient (Wildman–Crippen LogP) is -0.0582. The Morgan fingerprint density at radius 3 is 2.17 bits per heavy atom. The van der Waals surface area contributed by atoms with Crippen LogP contribution in [0.5, 0.6) is 11.5 Å². The third kappa shape index (κ3) is 2.77. The summed E-state index contributed by atoms with van der Waals surface area (Å²) in [4.78, 5) is 0. The quantitative estimate of drug-likeness (QED) is 0.658. The van der Waals surface area contributed by atoms with Crippen molar-refractivity contribution in [2.24, 2.45) is 0 Å². The molecular formula is C6H5O5S-. The first-order valence-corrected chi connectivity index (χ1v) is 4.28. The predicted molar refractivity (Wildman–Crippen MR) is 38.1 cm³/mol. The zero-order valence-corrected chi connectivity index (χ0v) is 6.61. The third-order valence-electron chi connectivity index (χ3n) is 1.03. The van der Waals surface area contributed by atoms with Crippen molar-refractivity contribution in [3.8, 4) is 11.5 Å². The average Bonchev–Trinajstić information content (AvgIpc) is 1.91. The van der Waals surface area contributed by atoms with Crippen molar-refractivity contribution in [2.75, 3.05) is 0 Å². The summed E-state index contributed by atoms with van der Waals surface area (Å²) in [7, 11) is -4.49. The summed E-state index contributed by atoms with van der Waals surface area (Å²) in [6, 6.07) is 4.55. The second-order valence-electron chi connectivity index (χ2n) is 1.98. The normalized spacial score (nSPS) is 11.1. The van der Waals surface area contributed by atoms with Crippen LogP contribution in [0.15, 0.2) is 24.3 Å². The standard InChI is InChI=1S/C6H6O5S/c7-5-1-3-6(4-2-5)11-12(8,9)10/h1-4,7H,(H,8,9,10)/p-1. The highest BCUT2D eigenvalue weighted by Crippen LogP contribution is 2.15. The van der Waals surface area contributed by atoms with Gasteiger partial charge in [-0.15, -0.1) is 5.75 Å². The van der Waals surface area contributed by atoms with Crippen LogP contribution in [0.4, 0.5) is 0 Å². The van der Waals surface area contributed by atoms with E-state index in [-0.39, 0.29) is 11.5 Å². The van der Waals surface area contributed by atoms with E-state index in [1.165, 1.54) is 0 Å². The molecule has 0 bridgehead atoms. The van der Waals surface area contributed by atoms with Crippen LogP contribution < -0.4 is 9.29 Å². The smallest absolute Gasteiger partial charge is 0.446 e. The Kier molecular flexibility index (Phi) is 2.20. The molecule has 0 unspecified atom stereocenters. The van der Waals surface area contributed by atoms with Crippen LogP contribution in [0.3, 0.4) is 0 Å². The van der Waals surface area contributed by atoms with E-state index in [1.54, 1.807) is 0 Å². The van der Waals surface area contributed by atoms with Crippen LogP contribution in [0.1, 0.15) is 0 Å². The van der Waals surface area contributed by atoms with Gasteiger partial charge in [0.25, 0.3) is 0 Å². The van der Waals surface area contributed by atoms with Crippen molar-refractivity contribution in [3.05, 3.63) is 24.3 Å². The molecule has 0 heterocycles. The lowest BCUT2D eigenvalue weighted by Crippen LogP contribution is -2.06. The van der Waals surface area contributed by atoms with Gasteiger partial charge >= 0.3 is 10.4 Å². The van der Waals surface area contributed by atoms with Gasteiger partial charge < -0.3 is 9.29 Å². The van der Waals surface area contributed by atoms with Crippen LogP contribution in [-0.2, 0) is 10.4 Å². The van der Waals surface area contributed by atoms with Crippen molar-refractivity contribution in [1.29, 1.82) is 0 Å². The highest BCUT2D eigenvalue weighted by atomic mass is 32.3.